The van der Waals surface area contributed by atoms with Crippen molar-refractivity contribution in [1.29, 1.82) is 0 Å². The summed E-state index contributed by atoms with van der Waals surface area (Å²) in [5.74, 6) is 1.13. The second kappa shape index (κ2) is 6.29. The highest BCUT2D eigenvalue weighted by atomic mass is 16.3. The Balaban J connectivity index is 1.93. The summed E-state index contributed by atoms with van der Waals surface area (Å²) in [6, 6.07) is 10.1. The van der Waals surface area contributed by atoms with Gasteiger partial charge in [0, 0.05) is 30.8 Å². The van der Waals surface area contributed by atoms with Crippen LogP contribution < -0.4 is 16.0 Å². The summed E-state index contributed by atoms with van der Waals surface area (Å²) in [7, 11) is 1.98. The van der Waals surface area contributed by atoms with Crippen LogP contribution in [0.15, 0.2) is 30.3 Å². The van der Waals surface area contributed by atoms with Crippen molar-refractivity contribution in [3.63, 3.8) is 0 Å². The van der Waals surface area contributed by atoms with Gasteiger partial charge in [-0.15, -0.1) is 0 Å². The molecule has 1 aromatic carbocycles. The van der Waals surface area contributed by atoms with Gasteiger partial charge in [-0.1, -0.05) is 18.2 Å². The van der Waals surface area contributed by atoms with Crippen molar-refractivity contribution in [1.82, 2.24) is 15.3 Å². The SMILES string of the molecule is CNC1CCN(c2cc(-c3cccc(CO)c3)nc(N)n2)C1. The van der Waals surface area contributed by atoms with Crippen LogP contribution >= 0.6 is 0 Å². The first-order valence-corrected chi connectivity index (χ1v) is 7.46. The van der Waals surface area contributed by atoms with Crippen molar-refractivity contribution in [2.24, 2.45) is 0 Å². The molecule has 0 bridgehead atoms. The minimum Gasteiger partial charge on any atom is -0.392 e. The molecule has 2 heterocycles. The van der Waals surface area contributed by atoms with Crippen molar-refractivity contribution >= 4 is 11.8 Å². The second-order valence-electron chi connectivity index (χ2n) is 5.55. The largest absolute Gasteiger partial charge is 0.392 e. The number of nitrogens with zero attached hydrogens (tertiary/aromatic N) is 3. The van der Waals surface area contributed by atoms with Crippen molar-refractivity contribution in [3.05, 3.63) is 35.9 Å². The van der Waals surface area contributed by atoms with Crippen LogP contribution in [-0.2, 0) is 6.61 Å². The molecule has 1 aliphatic heterocycles. The van der Waals surface area contributed by atoms with Gasteiger partial charge in [-0.25, -0.2) is 4.98 Å². The lowest BCUT2D eigenvalue weighted by Gasteiger charge is -2.18. The number of aliphatic hydroxyl groups is 1. The molecule has 3 rings (SSSR count). The summed E-state index contributed by atoms with van der Waals surface area (Å²) in [4.78, 5) is 10.9. The molecular weight excluding hydrogens is 278 g/mol. The number of anilines is 2. The van der Waals surface area contributed by atoms with Gasteiger partial charge in [-0.3, -0.25) is 0 Å². The Bertz CT molecular complexity index is 661. The van der Waals surface area contributed by atoms with Crippen molar-refractivity contribution < 1.29 is 5.11 Å². The van der Waals surface area contributed by atoms with Gasteiger partial charge in [0.15, 0.2) is 0 Å². The molecular formula is C16H21N5O. The van der Waals surface area contributed by atoms with E-state index in [0.717, 1.165) is 42.1 Å². The maximum Gasteiger partial charge on any atom is 0.222 e. The van der Waals surface area contributed by atoms with E-state index in [9.17, 15) is 5.11 Å². The van der Waals surface area contributed by atoms with Gasteiger partial charge in [0.2, 0.25) is 5.95 Å². The Morgan fingerprint density at radius 1 is 1.36 bits per heavy atom. The molecule has 116 valence electrons. The average molecular weight is 299 g/mol. The van der Waals surface area contributed by atoms with Gasteiger partial charge in [-0.05, 0) is 25.1 Å². The van der Waals surface area contributed by atoms with E-state index in [1.54, 1.807) is 0 Å². The van der Waals surface area contributed by atoms with Gasteiger partial charge in [0.05, 0.1) is 12.3 Å². The Morgan fingerprint density at radius 2 is 2.23 bits per heavy atom. The zero-order valence-electron chi connectivity index (χ0n) is 12.7. The number of benzene rings is 1. The van der Waals surface area contributed by atoms with E-state index in [-0.39, 0.29) is 12.6 Å². The Labute approximate surface area is 130 Å². The van der Waals surface area contributed by atoms with E-state index < -0.39 is 0 Å². The molecule has 0 aliphatic carbocycles. The monoisotopic (exact) mass is 299 g/mol. The first-order valence-electron chi connectivity index (χ1n) is 7.46. The maximum absolute atomic E-state index is 9.27. The minimum atomic E-state index is 0.0111. The number of nitrogen functional groups attached to an aromatic ring is 1. The van der Waals surface area contributed by atoms with Crippen molar-refractivity contribution in [2.45, 2.75) is 19.1 Å². The number of aromatic nitrogens is 2. The fourth-order valence-corrected chi connectivity index (χ4v) is 2.80. The highest BCUT2D eigenvalue weighted by molar-refractivity contribution is 5.65. The minimum absolute atomic E-state index is 0.0111. The fraction of sp³-hybridized carbons (Fsp3) is 0.375. The third-order valence-corrected chi connectivity index (χ3v) is 4.06. The normalized spacial score (nSPS) is 17.9. The number of likely N-dealkylation sites (N-methyl/N-ethyl adjacent to an activating group) is 1. The van der Waals surface area contributed by atoms with Gasteiger partial charge >= 0.3 is 0 Å². The molecule has 0 saturated carbocycles. The molecule has 6 heteroatoms. The van der Waals surface area contributed by atoms with Gasteiger partial charge < -0.3 is 21.1 Å². The van der Waals surface area contributed by atoms with Crippen LogP contribution in [0, 0.1) is 0 Å². The second-order valence-corrected chi connectivity index (χ2v) is 5.55. The molecule has 1 atom stereocenters. The van der Waals surface area contributed by atoms with Gasteiger partial charge in [0.25, 0.3) is 0 Å². The lowest BCUT2D eigenvalue weighted by atomic mass is 10.1. The predicted molar refractivity (Wildman–Crippen MR) is 87.5 cm³/mol. The van der Waals surface area contributed by atoms with E-state index in [4.69, 9.17) is 5.73 Å². The van der Waals surface area contributed by atoms with Crippen LogP contribution in [0.4, 0.5) is 11.8 Å². The Kier molecular flexibility index (Phi) is 4.22. The Hall–Kier alpha value is -2.18. The summed E-state index contributed by atoms with van der Waals surface area (Å²) in [6.07, 6.45) is 1.09. The molecule has 4 N–H and O–H groups in total. The molecule has 22 heavy (non-hydrogen) atoms. The summed E-state index contributed by atoms with van der Waals surface area (Å²) in [5.41, 5.74) is 8.46. The van der Waals surface area contributed by atoms with E-state index in [0.29, 0.717) is 6.04 Å². The molecule has 1 aromatic heterocycles. The molecule has 1 fully saturated rings. The molecule has 1 aliphatic rings. The number of nitrogens with two attached hydrogens (primary N) is 1. The van der Waals surface area contributed by atoms with Crippen LogP contribution in [-0.4, -0.2) is 41.3 Å². The van der Waals surface area contributed by atoms with Gasteiger partial charge in [0.1, 0.15) is 5.82 Å². The summed E-state index contributed by atoms with van der Waals surface area (Å²) < 4.78 is 0. The summed E-state index contributed by atoms with van der Waals surface area (Å²) in [6.45, 7) is 1.89. The number of aliphatic hydroxyl groups excluding tert-OH is 1. The first kappa shape index (κ1) is 14.7. The summed E-state index contributed by atoms with van der Waals surface area (Å²) >= 11 is 0. The van der Waals surface area contributed by atoms with Crippen molar-refractivity contribution in [3.8, 4) is 11.3 Å². The quantitative estimate of drug-likeness (QED) is 0.781. The number of rotatable bonds is 4. The van der Waals surface area contributed by atoms with Crippen LogP contribution in [0.2, 0.25) is 0 Å². The van der Waals surface area contributed by atoms with Crippen molar-refractivity contribution in [2.75, 3.05) is 30.8 Å². The van der Waals surface area contributed by atoms with Crippen LogP contribution in [0.5, 0.6) is 0 Å². The van der Waals surface area contributed by atoms with E-state index in [1.807, 2.05) is 37.4 Å². The van der Waals surface area contributed by atoms with Crippen LogP contribution in [0.1, 0.15) is 12.0 Å². The predicted octanol–water partition coefficient (Wildman–Crippen LogP) is 1.02. The van der Waals surface area contributed by atoms with E-state index in [2.05, 4.69) is 20.2 Å². The molecule has 0 radical (unpaired) electrons. The molecule has 1 saturated heterocycles. The molecule has 6 nitrogen and oxygen atoms in total. The number of hydrogen-bond acceptors (Lipinski definition) is 6. The highest BCUT2D eigenvalue weighted by Gasteiger charge is 2.22. The lowest BCUT2D eigenvalue weighted by molar-refractivity contribution is 0.282. The molecule has 0 amide bonds. The zero-order chi connectivity index (χ0) is 15.5. The van der Waals surface area contributed by atoms with Gasteiger partial charge in [-0.2, -0.15) is 4.98 Å². The topological polar surface area (TPSA) is 87.3 Å². The van der Waals surface area contributed by atoms with Crippen LogP contribution in [0.3, 0.4) is 0 Å². The van der Waals surface area contributed by atoms with E-state index in [1.165, 1.54) is 0 Å². The summed E-state index contributed by atoms with van der Waals surface area (Å²) in [5, 5.41) is 12.6. The third-order valence-electron chi connectivity index (χ3n) is 4.06. The lowest BCUT2D eigenvalue weighted by Crippen LogP contribution is -2.30. The Morgan fingerprint density at radius 3 is 2.95 bits per heavy atom. The van der Waals surface area contributed by atoms with E-state index >= 15 is 0 Å². The number of hydrogen-bond donors (Lipinski definition) is 3. The zero-order valence-corrected chi connectivity index (χ0v) is 12.7. The third kappa shape index (κ3) is 3.03. The molecule has 0 spiro atoms. The van der Waals surface area contributed by atoms with Crippen LogP contribution in [0.25, 0.3) is 11.3 Å². The molecule has 1 unspecified atom stereocenters. The maximum atomic E-state index is 9.27. The average Bonchev–Trinajstić information content (AvgIpc) is 3.03. The highest BCUT2D eigenvalue weighted by Crippen LogP contribution is 2.25. The fourth-order valence-electron chi connectivity index (χ4n) is 2.80. The number of nitrogens with one attached hydrogen (secondary N) is 1. The standard InChI is InChI=1S/C16H21N5O/c1-18-13-5-6-21(9-13)15-8-14(19-16(17)20-15)12-4-2-3-11(7-12)10-22/h2-4,7-8,13,18,22H,5-6,9-10H2,1H3,(H2,17,19,20). The first-order chi connectivity index (χ1) is 10.7. The smallest absolute Gasteiger partial charge is 0.222 e. The molecule has 2 aromatic rings.